The molecule has 0 radical (unpaired) electrons. The molecule has 2 heterocycles. The van der Waals surface area contributed by atoms with Crippen LogP contribution in [0.2, 0.25) is 0 Å². The van der Waals surface area contributed by atoms with E-state index < -0.39 is 0 Å². The molecule has 2 N–H and O–H groups in total. The number of benzene rings is 1. The summed E-state index contributed by atoms with van der Waals surface area (Å²) in [7, 11) is 2.07. The third-order valence-electron chi connectivity index (χ3n) is 3.73. The lowest BCUT2D eigenvalue weighted by Crippen LogP contribution is -2.47. The maximum atomic E-state index is 12.4. The maximum absolute atomic E-state index is 12.4. The van der Waals surface area contributed by atoms with Gasteiger partial charge in [-0.1, -0.05) is 6.07 Å². The van der Waals surface area contributed by atoms with Crippen molar-refractivity contribution in [2.24, 2.45) is 0 Å². The van der Waals surface area contributed by atoms with Crippen molar-refractivity contribution >= 4 is 11.6 Å². The smallest absolute Gasteiger partial charge is 0.274 e. The summed E-state index contributed by atoms with van der Waals surface area (Å²) in [5.41, 5.74) is 7.78. The molecule has 110 valence electrons. The number of nitrogens with zero attached hydrogens (tertiary/aromatic N) is 4. The predicted octanol–water partition coefficient (Wildman–Crippen LogP) is 0.842. The molecule has 1 aliphatic heterocycles. The second-order valence-electron chi connectivity index (χ2n) is 5.34. The van der Waals surface area contributed by atoms with Crippen LogP contribution in [0.25, 0.3) is 5.69 Å². The van der Waals surface area contributed by atoms with Gasteiger partial charge < -0.3 is 15.5 Å². The van der Waals surface area contributed by atoms with Crippen LogP contribution in [-0.4, -0.2) is 58.7 Å². The van der Waals surface area contributed by atoms with Gasteiger partial charge in [-0.25, -0.2) is 4.68 Å². The molecule has 1 fully saturated rings. The van der Waals surface area contributed by atoms with E-state index >= 15 is 0 Å². The minimum Gasteiger partial charge on any atom is -0.399 e. The Hall–Kier alpha value is -2.34. The molecule has 0 aliphatic carbocycles. The van der Waals surface area contributed by atoms with Crippen LogP contribution in [-0.2, 0) is 0 Å². The fourth-order valence-electron chi connectivity index (χ4n) is 2.42. The normalized spacial score (nSPS) is 16.1. The minimum absolute atomic E-state index is 0.00856. The van der Waals surface area contributed by atoms with Crippen molar-refractivity contribution in [3.05, 3.63) is 42.2 Å². The number of amides is 1. The van der Waals surface area contributed by atoms with Crippen LogP contribution < -0.4 is 5.73 Å². The molecule has 1 saturated heterocycles. The number of carbonyl (C=O) groups is 1. The van der Waals surface area contributed by atoms with E-state index in [1.165, 1.54) is 0 Å². The monoisotopic (exact) mass is 285 g/mol. The molecule has 1 aromatic heterocycles. The van der Waals surface area contributed by atoms with E-state index in [2.05, 4.69) is 17.0 Å². The summed E-state index contributed by atoms with van der Waals surface area (Å²) >= 11 is 0. The van der Waals surface area contributed by atoms with Crippen molar-refractivity contribution in [3.8, 4) is 5.69 Å². The number of hydrogen-bond donors (Lipinski definition) is 1. The second-order valence-corrected chi connectivity index (χ2v) is 5.34. The second kappa shape index (κ2) is 5.57. The van der Waals surface area contributed by atoms with E-state index in [-0.39, 0.29) is 5.91 Å². The number of nitrogens with two attached hydrogens (primary N) is 1. The highest BCUT2D eigenvalue weighted by Crippen LogP contribution is 2.13. The van der Waals surface area contributed by atoms with Gasteiger partial charge in [0, 0.05) is 38.1 Å². The van der Waals surface area contributed by atoms with Gasteiger partial charge in [0.1, 0.15) is 0 Å². The van der Waals surface area contributed by atoms with Crippen molar-refractivity contribution < 1.29 is 4.79 Å². The molecule has 0 atom stereocenters. The summed E-state index contributed by atoms with van der Waals surface area (Å²) in [5, 5.41) is 4.37. The number of carbonyl (C=O) groups excluding carboxylic acids is 1. The molecular weight excluding hydrogens is 266 g/mol. The Labute approximate surface area is 123 Å². The molecule has 2 aromatic rings. The third-order valence-corrected chi connectivity index (χ3v) is 3.73. The Balaban J connectivity index is 1.77. The van der Waals surface area contributed by atoms with E-state index in [0.29, 0.717) is 11.4 Å². The van der Waals surface area contributed by atoms with Gasteiger partial charge in [0.05, 0.1) is 5.69 Å². The highest BCUT2D eigenvalue weighted by Gasteiger charge is 2.22. The summed E-state index contributed by atoms with van der Waals surface area (Å²) < 4.78 is 1.68. The number of nitrogen functional groups attached to an aromatic ring is 1. The fourth-order valence-corrected chi connectivity index (χ4v) is 2.42. The molecule has 21 heavy (non-hydrogen) atoms. The van der Waals surface area contributed by atoms with Crippen LogP contribution >= 0.6 is 0 Å². The summed E-state index contributed by atoms with van der Waals surface area (Å²) in [6.45, 7) is 3.31. The zero-order valence-electron chi connectivity index (χ0n) is 12.1. The van der Waals surface area contributed by atoms with Crippen molar-refractivity contribution in [1.82, 2.24) is 19.6 Å². The van der Waals surface area contributed by atoms with Gasteiger partial charge in [-0.05, 0) is 31.3 Å². The summed E-state index contributed by atoms with van der Waals surface area (Å²) in [4.78, 5) is 16.5. The first-order valence-electron chi connectivity index (χ1n) is 7.03. The maximum Gasteiger partial charge on any atom is 0.274 e. The minimum atomic E-state index is -0.00856. The Bertz CT molecular complexity index is 643. The zero-order chi connectivity index (χ0) is 14.8. The molecule has 0 bridgehead atoms. The lowest BCUT2D eigenvalue weighted by Gasteiger charge is -2.31. The lowest BCUT2D eigenvalue weighted by atomic mass is 10.3. The van der Waals surface area contributed by atoms with Gasteiger partial charge in [0.2, 0.25) is 0 Å². The molecule has 1 amide bonds. The topological polar surface area (TPSA) is 67.4 Å². The van der Waals surface area contributed by atoms with E-state index in [9.17, 15) is 4.79 Å². The highest BCUT2D eigenvalue weighted by atomic mass is 16.2. The van der Waals surface area contributed by atoms with E-state index in [0.717, 1.165) is 31.9 Å². The Morgan fingerprint density at radius 1 is 1.19 bits per heavy atom. The molecule has 6 nitrogen and oxygen atoms in total. The van der Waals surface area contributed by atoms with Gasteiger partial charge in [-0.3, -0.25) is 4.79 Å². The SMILES string of the molecule is CN1CCN(C(=O)c2ccn(-c3cccc(N)c3)n2)CC1. The Morgan fingerprint density at radius 2 is 1.95 bits per heavy atom. The van der Waals surface area contributed by atoms with Crippen LogP contribution in [0.4, 0.5) is 5.69 Å². The van der Waals surface area contributed by atoms with Crippen LogP contribution in [0, 0.1) is 0 Å². The number of piperazine rings is 1. The van der Waals surface area contributed by atoms with Gasteiger partial charge in [0.25, 0.3) is 5.91 Å². The first-order valence-corrected chi connectivity index (χ1v) is 7.03. The van der Waals surface area contributed by atoms with Gasteiger partial charge in [-0.15, -0.1) is 0 Å². The quantitative estimate of drug-likeness (QED) is 0.830. The van der Waals surface area contributed by atoms with Gasteiger partial charge in [0.15, 0.2) is 5.69 Å². The first kappa shape index (κ1) is 13.6. The average Bonchev–Trinajstić information content (AvgIpc) is 2.97. The Kier molecular flexibility index (Phi) is 3.62. The Morgan fingerprint density at radius 3 is 2.67 bits per heavy atom. The van der Waals surface area contributed by atoms with E-state index in [1.54, 1.807) is 16.9 Å². The third kappa shape index (κ3) is 2.90. The van der Waals surface area contributed by atoms with Gasteiger partial charge in [-0.2, -0.15) is 5.10 Å². The summed E-state index contributed by atoms with van der Waals surface area (Å²) in [6.07, 6.45) is 1.79. The van der Waals surface area contributed by atoms with E-state index in [4.69, 9.17) is 5.73 Å². The van der Waals surface area contributed by atoms with E-state index in [1.807, 2.05) is 29.2 Å². The molecule has 0 saturated carbocycles. The number of rotatable bonds is 2. The van der Waals surface area contributed by atoms with Crippen LogP contribution in [0.3, 0.4) is 0 Å². The number of anilines is 1. The fraction of sp³-hybridized carbons (Fsp3) is 0.333. The van der Waals surface area contributed by atoms with Crippen LogP contribution in [0.5, 0.6) is 0 Å². The lowest BCUT2D eigenvalue weighted by molar-refractivity contribution is 0.0658. The van der Waals surface area contributed by atoms with Crippen molar-refractivity contribution in [3.63, 3.8) is 0 Å². The highest BCUT2D eigenvalue weighted by molar-refractivity contribution is 5.92. The molecule has 0 spiro atoms. The first-order chi connectivity index (χ1) is 10.1. The van der Waals surface area contributed by atoms with Crippen LogP contribution in [0.1, 0.15) is 10.5 Å². The standard InChI is InChI=1S/C15H19N5O/c1-18-7-9-19(10-8-18)15(21)14-5-6-20(17-14)13-4-2-3-12(16)11-13/h2-6,11H,7-10,16H2,1H3. The van der Waals surface area contributed by atoms with Crippen LogP contribution in [0.15, 0.2) is 36.5 Å². The average molecular weight is 285 g/mol. The number of likely N-dealkylation sites (N-methyl/N-ethyl adjacent to an activating group) is 1. The summed E-state index contributed by atoms with van der Waals surface area (Å²) in [6, 6.07) is 9.19. The molecule has 3 rings (SSSR count). The van der Waals surface area contributed by atoms with Crippen molar-refractivity contribution in [2.45, 2.75) is 0 Å². The molecular formula is C15H19N5O. The number of hydrogen-bond acceptors (Lipinski definition) is 4. The molecule has 1 aromatic carbocycles. The van der Waals surface area contributed by atoms with Crippen molar-refractivity contribution in [1.29, 1.82) is 0 Å². The van der Waals surface area contributed by atoms with Gasteiger partial charge >= 0.3 is 0 Å². The molecule has 6 heteroatoms. The predicted molar refractivity (Wildman–Crippen MR) is 81.4 cm³/mol. The van der Waals surface area contributed by atoms with Crippen molar-refractivity contribution in [2.75, 3.05) is 39.0 Å². The zero-order valence-corrected chi connectivity index (χ0v) is 12.1. The molecule has 1 aliphatic rings. The molecule has 0 unspecified atom stereocenters. The largest absolute Gasteiger partial charge is 0.399 e. The number of aromatic nitrogens is 2. The summed E-state index contributed by atoms with van der Waals surface area (Å²) in [5.74, 6) is -0.00856.